The monoisotopic (exact) mass is 262 g/mol. The molecule has 2 N–H and O–H groups in total. The molecule has 1 aromatic rings. The van der Waals surface area contributed by atoms with Crippen LogP contribution in [0.15, 0.2) is 24.3 Å². The number of fused-ring (bicyclic) bond motifs is 1. The van der Waals surface area contributed by atoms with Crippen LogP contribution in [0.25, 0.3) is 0 Å². The molecule has 0 unspecified atom stereocenters. The van der Waals surface area contributed by atoms with Gasteiger partial charge in [0.05, 0.1) is 0 Å². The van der Waals surface area contributed by atoms with Gasteiger partial charge in [0.25, 0.3) is 5.91 Å². The number of carbonyl (C=O) groups excluding carboxylic acids is 1. The van der Waals surface area contributed by atoms with E-state index in [-0.39, 0.29) is 18.6 Å². The highest BCUT2D eigenvalue weighted by atomic mass is 16.6. The van der Waals surface area contributed by atoms with Crippen LogP contribution in [0.5, 0.6) is 11.5 Å². The average molecular weight is 262 g/mol. The number of benzene rings is 1. The molecular weight excluding hydrogens is 244 g/mol. The molecule has 1 atom stereocenters. The smallest absolute Gasteiger partial charge is 0.264 e. The lowest BCUT2D eigenvalue weighted by Crippen LogP contribution is -2.50. The predicted molar refractivity (Wildman–Crippen MR) is 70.4 cm³/mol. The SMILES string of the molecule is O=C(NC1CCNCC1)[C@H]1COc2ccccc2O1. The second-order valence-electron chi connectivity index (χ2n) is 4.90. The second kappa shape index (κ2) is 5.48. The van der Waals surface area contributed by atoms with Crippen molar-refractivity contribution in [1.82, 2.24) is 10.6 Å². The zero-order chi connectivity index (χ0) is 13.1. The Morgan fingerprint density at radius 3 is 2.74 bits per heavy atom. The fraction of sp³-hybridized carbons (Fsp3) is 0.500. The van der Waals surface area contributed by atoms with E-state index >= 15 is 0 Å². The van der Waals surface area contributed by atoms with Crippen molar-refractivity contribution in [2.24, 2.45) is 0 Å². The van der Waals surface area contributed by atoms with E-state index in [1.54, 1.807) is 0 Å². The molecule has 0 aromatic heterocycles. The molecule has 0 aliphatic carbocycles. The number of rotatable bonds is 2. The highest BCUT2D eigenvalue weighted by Crippen LogP contribution is 2.30. The number of nitrogens with one attached hydrogen (secondary N) is 2. The third kappa shape index (κ3) is 2.81. The molecule has 0 spiro atoms. The van der Waals surface area contributed by atoms with Gasteiger partial charge in [-0.1, -0.05) is 12.1 Å². The normalized spacial score (nSPS) is 22.8. The number of piperidine rings is 1. The van der Waals surface area contributed by atoms with Gasteiger partial charge in [-0.25, -0.2) is 0 Å². The van der Waals surface area contributed by atoms with Crippen LogP contribution in [0, 0.1) is 0 Å². The molecular formula is C14H18N2O3. The van der Waals surface area contributed by atoms with Crippen LogP contribution in [0.4, 0.5) is 0 Å². The minimum Gasteiger partial charge on any atom is -0.485 e. The van der Waals surface area contributed by atoms with Gasteiger partial charge in [-0.2, -0.15) is 0 Å². The van der Waals surface area contributed by atoms with Gasteiger partial charge < -0.3 is 20.1 Å². The standard InChI is InChI=1S/C14H18N2O3/c17-14(16-10-5-7-15-8-6-10)13-9-18-11-3-1-2-4-12(11)19-13/h1-4,10,13,15H,5-9H2,(H,16,17)/t13-/m1/s1. The van der Waals surface area contributed by atoms with Crippen molar-refractivity contribution in [3.8, 4) is 11.5 Å². The Labute approximate surface area is 112 Å². The van der Waals surface area contributed by atoms with Crippen LogP contribution >= 0.6 is 0 Å². The summed E-state index contributed by atoms with van der Waals surface area (Å²) in [5.74, 6) is 1.26. The van der Waals surface area contributed by atoms with Crippen LogP contribution < -0.4 is 20.1 Å². The lowest BCUT2D eigenvalue weighted by molar-refractivity contribution is -0.131. The lowest BCUT2D eigenvalue weighted by Gasteiger charge is -2.29. The molecule has 5 nitrogen and oxygen atoms in total. The minimum atomic E-state index is -0.551. The van der Waals surface area contributed by atoms with Crippen molar-refractivity contribution in [3.05, 3.63) is 24.3 Å². The van der Waals surface area contributed by atoms with Gasteiger partial charge in [-0.3, -0.25) is 4.79 Å². The summed E-state index contributed by atoms with van der Waals surface area (Å²) in [6, 6.07) is 7.66. The summed E-state index contributed by atoms with van der Waals surface area (Å²) in [5.41, 5.74) is 0. The van der Waals surface area contributed by atoms with E-state index in [0.29, 0.717) is 11.5 Å². The van der Waals surface area contributed by atoms with Crippen molar-refractivity contribution in [1.29, 1.82) is 0 Å². The Balaban J connectivity index is 1.59. The lowest BCUT2D eigenvalue weighted by atomic mass is 10.1. The molecule has 102 valence electrons. The summed E-state index contributed by atoms with van der Waals surface area (Å²) in [6.45, 7) is 2.18. The van der Waals surface area contributed by atoms with Crippen LogP contribution in [-0.2, 0) is 4.79 Å². The number of ether oxygens (including phenoxy) is 2. The molecule has 2 aliphatic rings. The number of amides is 1. The number of para-hydroxylation sites is 2. The molecule has 5 heteroatoms. The van der Waals surface area contributed by atoms with Gasteiger partial charge in [-0.05, 0) is 38.1 Å². The molecule has 0 bridgehead atoms. The molecule has 1 fully saturated rings. The highest BCUT2D eigenvalue weighted by molar-refractivity contribution is 5.82. The van der Waals surface area contributed by atoms with Crippen LogP contribution in [0.2, 0.25) is 0 Å². The topological polar surface area (TPSA) is 59.6 Å². The Bertz CT molecular complexity index is 458. The van der Waals surface area contributed by atoms with Crippen molar-refractivity contribution in [3.63, 3.8) is 0 Å². The zero-order valence-electron chi connectivity index (χ0n) is 10.7. The third-order valence-electron chi connectivity index (χ3n) is 3.49. The molecule has 0 saturated carbocycles. The largest absolute Gasteiger partial charge is 0.485 e. The summed E-state index contributed by atoms with van der Waals surface area (Å²) in [7, 11) is 0. The first kappa shape index (κ1) is 12.3. The maximum Gasteiger partial charge on any atom is 0.264 e. The summed E-state index contributed by atoms with van der Waals surface area (Å²) >= 11 is 0. The molecule has 1 amide bonds. The quantitative estimate of drug-likeness (QED) is 0.823. The Kier molecular flexibility index (Phi) is 3.55. The van der Waals surface area contributed by atoms with Crippen LogP contribution in [-0.4, -0.2) is 37.7 Å². The molecule has 2 aliphatic heterocycles. The maximum atomic E-state index is 12.1. The van der Waals surface area contributed by atoms with E-state index in [9.17, 15) is 4.79 Å². The first-order chi connectivity index (χ1) is 9.33. The van der Waals surface area contributed by atoms with Crippen molar-refractivity contribution in [2.45, 2.75) is 25.0 Å². The Morgan fingerprint density at radius 1 is 1.21 bits per heavy atom. The first-order valence-corrected chi connectivity index (χ1v) is 6.72. The average Bonchev–Trinajstić information content (AvgIpc) is 2.48. The van der Waals surface area contributed by atoms with Gasteiger partial charge in [-0.15, -0.1) is 0 Å². The summed E-state index contributed by atoms with van der Waals surface area (Å²) in [4.78, 5) is 12.1. The van der Waals surface area contributed by atoms with Crippen molar-refractivity contribution < 1.29 is 14.3 Å². The molecule has 0 radical (unpaired) electrons. The van der Waals surface area contributed by atoms with E-state index in [4.69, 9.17) is 9.47 Å². The van der Waals surface area contributed by atoms with Gasteiger partial charge >= 0.3 is 0 Å². The van der Waals surface area contributed by atoms with E-state index in [1.165, 1.54) is 0 Å². The van der Waals surface area contributed by atoms with Crippen LogP contribution in [0.3, 0.4) is 0 Å². The van der Waals surface area contributed by atoms with Crippen molar-refractivity contribution >= 4 is 5.91 Å². The molecule has 19 heavy (non-hydrogen) atoms. The zero-order valence-corrected chi connectivity index (χ0v) is 10.7. The number of hydrogen-bond acceptors (Lipinski definition) is 4. The molecule has 1 aromatic carbocycles. The van der Waals surface area contributed by atoms with E-state index in [1.807, 2.05) is 24.3 Å². The highest BCUT2D eigenvalue weighted by Gasteiger charge is 2.28. The number of hydrogen-bond donors (Lipinski definition) is 2. The Morgan fingerprint density at radius 2 is 1.95 bits per heavy atom. The van der Waals surface area contributed by atoms with Crippen molar-refractivity contribution in [2.75, 3.05) is 19.7 Å². The van der Waals surface area contributed by atoms with E-state index < -0.39 is 6.10 Å². The van der Waals surface area contributed by atoms with Gasteiger partial charge in [0.2, 0.25) is 6.10 Å². The molecule has 1 saturated heterocycles. The van der Waals surface area contributed by atoms with Gasteiger partial charge in [0.1, 0.15) is 6.61 Å². The Hall–Kier alpha value is -1.75. The van der Waals surface area contributed by atoms with E-state index in [2.05, 4.69) is 10.6 Å². The number of carbonyl (C=O) groups is 1. The van der Waals surface area contributed by atoms with Crippen LogP contribution in [0.1, 0.15) is 12.8 Å². The maximum absolute atomic E-state index is 12.1. The van der Waals surface area contributed by atoms with E-state index in [0.717, 1.165) is 25.9 Å². The predicted octanol–water partition coefficient (Wildman–Crippen LogP) is 0.695. The summed E-state index contributed by atoms with van der Waals surface area (Å²) in [5, 5.41) is 6.31. The first-order valence-electron chi connectivity index (χ1n) is 6.72. The summed E-state index contributed by atoms with van der Waals surface area (Å²) < 4.78 is 11.2. The van der Waals surface area contributed by atoms with Gasteiger partial charge in [0, 0.05) is 6.04 Å². The third-order valence-corrected chi connectivity index (χ3v) is 3.49. The fourth-order valence-corrected chi connectivity index (χ4v) is 2.41. The minimum absolute atomic E-state index is 0.0820. The second-order valence-corrected chi connectivity index (χ2v) is 4.90. The molecule has 3 rings (SSSR count). The van der Waals surface area contributed by atoms with Gasteiger partial charge in [0.15, 0.2) is 11.5 Å². The summed E-state index contributed by atoms with van der Waals surface area (Å²) in [6.07, 6.45) is 1.39. The fourth-order valence-electron chi connectivity index (χ4n) is 2.41. The molecule has 2 heterocycles.